The van der Waals surface area contributed by atoms with Crippen molar-refractivity contribution >= 4 is 23.6 Å². The van der Waals surface area contributed by atoms with Gasteiger partial charge in [-0.25, -0.2) is 0 Å². The topological polar surface area (TPSA) is 67.4 Å². The molecule has 1 atom stereocenters. The maximum atomic E-state index is 12.4. The molecule has 1 fully saturated rings. The van der Waals surface area contributed by atoms with Crippen LogP contribution in [0.25, 0.3) is 0 Å². The second-order valence-electron chi connectivity index (χ2n) is 5.29. The van der Waals surface area contributed by atoms with Crippen molar-refractivity contribution < 1.29 is 14.3 Å². The summed E-state index contributed by atoms with van der Waals surface area (Å²) >= 11 is 1.66. The van der Waals surface area contributed by atoms with Gasteiger partial charge in [0.05, 0.1) is 12.7 Å². The number of benzene rings is 1. The quantitative estimate of drug-likeness (QED) is 0.766. The van der Waals surface area contributed by atoms with Crippen LogP contribution >= 0.6 is 11.8 Å². The fourth-order valence-corrected chi connectivity index (χ4v) is 2.57. The van der Waals surface area contributed by atoms with Crippen molar-refractivity contribution in [3.63, 3.8) is 0 Å². The molecule has 1 aliphatic rings. The van der Waals surface area contributed by atoms with Crippen LogP contribution in [0.4, 0.5) is 0 Å². The largest absolute Gasteiger partial charge is 0.496 e. The van der Waals surface area contributed by atoms with Gasteiger partial charge in [0, 0.05) is 6.04 Å². The molecular formula is C16H22N2O3S. The summed E-state index contributed by atoms with van der Waals surface area (Å²) in [7, 11) is 1.52. The molecule has 120 valence electrons. The van der Waals surface area contributed by atoms with Crippen LogP contribution in [-0.2, 0) is 4.79 Å². The van der Waals surface area contributed by atoms with E-state index in [1.165, 1.54) is 7.11 Å². The average Bonchev–Trinajstić information content (AvgIpc) is 3.34. The first-order valence-electron chi connectivity index (χ1n) is 7.39. The van der Waals surface area contributed by atoms with Gasteiger partial charge in [0.25, 0.3) is 5.91 Å². The van der Waals surface area contributed by atoms with Crippen LogP contribution in [0.5, 0.6) is 5.75 Å². The summed E-state index contributed by atoms with van der Waals surface area (Å²) in [6.45, 7) is 0. The van der Waals surface area contributed by atoms with E-state index >= 15 is 0 Å². The predicted octanol–water partition coefficient (Wildman–Crippen LogP) is 1.83. The molecule has 0 saturated heterocycles. The molecule has 1 saturated carbocycles. The normalized spacial score (nSPS) is 15.0. The molecule has 5 nitrogen and oxygen atoms in total. The monoisotopic (exact) mass is 322 g/mol. The minimum Gasteiger partial charge on any atom is -0.496 e. The van der Waals surface area contributed by atoms with Gasteiger partial charge in [-0.2, -0.15) is 11.8 Å². The number of amides is 2. The number of nitrogens with one attached hydrogen (secondary N) is 2. The number of carbonyl (C=O) groups is 2. The standard InChI is InChI=1S/C16H22N2O3S/c1-21-14-6-4-3-5-12(14)15(19)18-13(9-10-22-2)16(20)17-11-7-8-11/h3-6,11,13H,7-10H2,1-2H3,(H,17,20)(H,18,19)/t13-/m1/s1. The van der Waals surface area contributed by atoms with E-state index in [-0.39, 0.29) is 17.9 Å². The van der Waals surface area contributed by atoms with E-state index in [9.17, 15) is 9.59 Å². The highest BCUT2D eigenvalue weighted by Crippen LogP contribution is 2.20. The van der Waals surface area contributed by atoms with E-state index in [2.05, 4.69) is 10.6 Å². The molecule has 0 aromatic heterocycles. The van der Waals surface area contributed by atoms with Crippen LogP contribution in [0.3, 0.4) is 0 Å². The minimum absolute atomic E-state index is 0.0974. The lowest BCUT2D eigenvalue weighted by Crippen LogP contribution is -2.47. The highest BCUT2D eigenvalue weighted by atomic mass is 32.2. The molecule has 6 heteroatoms. The summed E-state index contributed by atoms with van der Waals surface area (Å²) in [6.07, 6.45) is 4.65. The molecule has 0 unspecified atom stereocenters. The number of rotatable bonds is 8. The van der Waals surface area contributed by atoms with E-state index < -0.39 is 6.04 Å². The third-order valence-electron chi connectivity index (χ3n) is 3.51. The van der Waals surface area contributed by atoms with E-state index in [0.717, 1.165) is 18.6 Å². The van der Waals surface area contributed by atoms with Crippen molar-refractivity contribution in [1.29, 1.82) is 0 Å². The highest BCUT2D eigenvalue weighted by molar-refractivity contribution is 7.98. The van der Waals surface area contributed by atoms with Crippen molar-refractivity contribution in [2.75, 3.05) is 19.1 Å². The summed E-state index contributed by atoms with van der Waals surface area (Å²) < 4.78 is 5.20. The molecule has 0 bridgehead atoms. The Bertz CT molecular complexity index is 532. The van der Waals surface area contributed by atoms with Crippen molar-refractivity contribution in [3.05, 3.63) is 29.8 Å². The Labute approximate surface area is 135 Å². The predicted molar refractivity (Wildman–Crippen MR) is 88.4 cm³/mol. The van der Waals surface area contributed by atoms with Gasteiger partial charge < -0.3 is 15.4 Å². The Morgan fingerprint density at radius 3 is 2.73 bits per heavy atom. The van der Waals surface area contributed by atoms with E-state index in [1.54, 1.807) is 36.0 Å². The SMILES string of the molecule is COc1ccccc1C(=O)N[C@H](CCSC)C(=O)NC1CC1. The van der Waals surface area contributed by atoms with Crippen molar-refractivity contribution in [2.24, 2.45) is 0 Å². The number of ether oxygens (including phenoxy) is 1. The maximum absolute atomic E-state index is 12.4. The fraction of sp³-hybridized carbons (Fsp3) is 0.500. The Morgan fingerprint density at radius 1 is 1.36 bits per heavy atom. The minimum atomic E-state index is -0.509. The highest BCUT2D eigenvalue weighted by Gasteiger charge is 2.28. The molecule has 1 aliphatic carbocycles. The van der Waals surface area contributed by atoms with E-state index in [1.807, 2.05) is 6.26 Å². The van der Waals surface area contributed by atoms with E-state index in [4.69, 9.17) is 4.74 Å². The van der Waals surface area contributed by atoms with Gasteiger partial charge in [-0.15, -0.1) is 0 Å². The van der Waals surface area contributed by atoms with Gasteiger partial charge in [0.15, 0.2) is 0 Å². The summed E-state index contributed by atoms with van der Waals surface area (Å²) in [6, 6.07) is 6.78. The zero-order valence-corrected chi connectivity index (χ0v) is 13.7. The first kappa shape index (κ1) is 16.7. The molecule has 22 heavy (non-hydrogen) atoms. The van der Waals surface area contributed by atoms with Crippen LogP contribution < -0.4 is 15.4 Å². The first-order valence-corrected chi connectivity index (χ1v) is 8.78. The van der Waals surface area contributed by atoms with Gasteiger partial charge in [-0.3, -0.25) is 9.59 Å². The molecule has 1 aromatic rings. The van der Waals surface area contributed by atoms with Gasteiger partial charge in [0.1, 0.15) is 11.8 Å². The number of para-hydroxylation sites is 1. The second-order valence-corrected chi connectivity index (χ2v) is 6.28. The number of carbonyl (C=O) groups excluding carboxylic acids is 2. The average molecular weight is 322 g/mol. The molecule has 0 radical (unpaired) electrons. The lowest BCUT2D eigenvalue weighted by Gasteiger charge is -2.18. The lowest BCUT2D eigenvalue weighted by molar-refractivity contribution is -0.123. The molecule has 0 heterocycles. The summed E-state index contributed by atoms with van der Waals surface area (Å²) in [5.41, 5.74) is 0.443. The van der Waals surface area contributed by atoms with Gasteiger partial charge in [-0.05, 0) is 43.4 Å². The second kappa shape index (κ2) is 8.08. The molecule has 2 amide bonds. The van der Waals surface area contributed by atoms with Crippen LogP contribution in [0.15, 0.2) is 24.3 Å². The number of hydrogen-bond acceptors (Lipinski definition) is 4. The van der Waals surface area contributed by atoms with Crippen LogP contribution in [0.1, 0.15) is 29.6 Å². The van der Waals surface area contributed by atoms with Crippen molar-refractivity contribution in [1.82, 2.24) is 10.6 Å². The zero-order chi connectivity index (χ0) is 15.9. The molecule has 1 aromatic carbocycles. The maximum Gasteiger partial charge on any atom is 0.255 e. The third kappa shape index (κ3) is 4.66. The van der Waals surface area contributed by atoms with Crippen molar-refractivity contribution in [2.45, 2.75) is 31.3 Å². The van der Waals surface area contributed by atoms with Gasteiger partial charge in [-0.1, -0.05) is 12.1 Å². The molecule has 2 N–H and O–H groups in total. The fourth-order valence-electron chi connectivity index (χ4n) is 2.10. The molecular weight excluding hydrogens is 300 g/mol. The van der Waals surface area contributed by atoms with Crippen LogP contribution in [0, 0.1) is 0 Å². The molecule has 2 rings (SSSR count). The first-order chi connectivity index (χ1) is 10.7. The molecule has 0 aliphatic heterocycles. The summed E-state index contributed by atoms with van der Waals surface area (Å²) in [5.74, 6) is 0.940. The Morgan fingerprint density at radius 2 is 2.09 bits per heavy atom. The Hall–Kier alpha value is -1.69. The van der Waals surface area contributed by atoms with Gasteiger partial charge in [0.2, 0.25) is 5.91 Å². The number of thioether (sulfide) groups is 1. The third-order valence-corrected chi connectivity index (χ3v) is 4.15. The van der Waals surface area contributed by atoms with Crippen molar-refractivity contribution in [3.8, 4) is 5.75 Å². The number of methoxy groups -OCH3 is 1. The molecule has 0 spiro atoms. The van der Waals surface area contributed by atoms with E-state index in [0.29, 0.717) is 17.7 Å². The van der Waals surface area contributed by atoms with Gasteiger partial charge >= 0.3 is 0 Å². The summed E-state index contributed by atoms with van der Waals surface area (Å²) in [4.78, 5) is 24.7. The summed E-state index contributed by atoms with van der Waals surface area (Å²) in [5, 5.41) is 5.79. The zero-order valence-electron chi connectivity index (χ0n) is 12.9. The smallest absolute Gasteiger partial charge is 0.255 e. The number of hydrogen-bond donors (Lipinski definition) is 2. The van der Waals surface area contributed by atoms with Crippen LogP contribution in [0.2, 0.25) is 0 Å². The Kier molecular flexibility index (Phi) is 6.12. The lowest BCUT2D eigenvalue weighted by atomic mass is 10.1. The Balaban J connectivity index is 2.04. The van der Waals surface area contributed by atoms with Crippen LogP contribution in [-0.4, -0.2) is 43.0 Å².